The molecule has 2 aromatic rings. The Kier molecular flexibility index (Phi) is 4.31. The lowest BCUT2D eigenvalue weighted by molar-refractivity contribution is 0.0955. The largest absolute Gasteiger partial charge is 0.349 e. The highest BCUT2D eigenvalue weighted by atomic mass is 32.2. The Balaban J connectivity index is 1.48. The number of H-pyrrole nitrogens is 1. The monoisotopic (exact) mass is 309 g/mol. The molecular weight excluding hydrogens is 294 g/mol. The van der Waals surface area contributed by atoms with Crippen LogP contribution < -0.4 is 5.32 Å². The average molecular weight is 309 g/mol. The van der Waals surface area contributed by atoms with Crippen molar-refractivity contribution in [1.29, 1.82) is 0 Å². The summed E-state index contributed by atoms with van der Waals surface area (Å²) in [6.45, 7) is 0.598. The third-order valence-electron chi connectivity index (χ3n) is 3.07. The minimum Gasteiger partial charge on any atom is -0.349 e. The van der Waals surface area contributed by atoms with E-state index in [9.17, 15) is 4.79 Å². The van der Waals surface area contributed by atoms with E-state index in [1.54, 1.807) is 29.3 Å². The molecule has 1 amide bonds. The quantitative estimate of drug-likeness (QED) is 0.648. The Morgan fingerprint density at radius 1 is 1.45 bits per heavy atom. The van der Waals surface area contributed by atoms with Crippen molar-refractivity contribution in [2.45, 2.75) is 30.7 Å². The number of thioether (sulfide) groups is 1. The zero-order valence-electron chi connectivity index (χ0n) is 10.9. The molecule has 6 nitrogen and oxygen atoms in total. The SMILES string of the molecule is O=C(NCCSc1cn[nH]n1)c1nc2c(s1)CCCC2. The van der Waals surface area contributed by atoms with Gasteiger partial charge in [0.25, 0.3) is 5.91 Å². The number of aromatic nitrogens is 4. The number of amides is 1. The summed E-state index contributed by atoms with van der Waals surface area (Å²) in [7, 11) is 0. The van der Waals surface area contributed by atoms with Gasteiger partial charge in [0.15, 0.2) is 5.01 Å². The van der Waals surface area contributed by atoms with Crippen LogP contribution in [0, 0.1) is 0 Å². The zero-order valence-corrected chi connectivity index (χ0v) is 12.5. The number of rotatable bonds is 5. The van der Waals surface area contributed by atoms with E-state index in [0.717, 1.165) is 29.3 Å². The van der Waals surface area contributed by atoms with Crippen molar-refractivity contribution >= 4 is 29.0 Å². The van der Waals surface area contributed by atoms with Crippen LogP contribution in [0.5, 0.6) is 0 Å². The molecule has 0 unspecified atom stereocenters. The standard InChI is InChI=1S/C12H15N5OS2/c18-11(13-5-6-19-10-7-14-17-16-10)12-15-8-3-1-2-4-9(8)20-12/h7H,1-6H2,(H,13,18)(H,14,16,17). The van der Waals surface area contributed by atoms with Crippen LogP contribution in [0.1, 0.15) is 33.2 Å². The fourth-order valence-corrected chi connectivity index (χ4v) is 3.82. The summed E-state index contributed by atoms with van der Waals surface area (Å²) in [6.07, 6.45) is 6.15. The van der Waals surface area contributed by atoms with E-state index >= 15 is 0 Å². The van der Waals surface area contributed by atoms with Gasteiger partial charge in [-0.15, -0.1) is 28.2 Å². The fraction of sp³-hybridized carbons (Fsp3) is 0.500. The number of carbonyl (C=O) groups excluding carboxylic acids is 1. The second kappa shape index (κ2) is 6.36. The van der Waals surface area contributed by atoms with E-state index in [1.165, 1.54) is 17.7 Å². The van der Waals surface area contributed by atoms with Crippen molar-refractivity contribution in [1.82, 2.24) is 25.7 Å². The summed E-state index contributed by atoms with van der Waals surface area (Å²) in [4.78, 5) is 17.8. The van der Waals surface area contributed by atoms with Crippen molar-refractivity contribution in [2.24, 2.45) is 0 Å². The number of aryl methyl sites for hydroxylation is 2. The molecular formula is C12H15N5OS2. The number of nitrogens with one attached hydrogen (secondary N) is 2. The van der Waals surface area contributed by atoms with Crippen molar-refractivity contribution in [3.63, 3.8) is 0 Å². The summed E-state index contributed by atoms with van der Waals surface area (Å²) >= 11 is 3.10. The summed E-state index contributed by atoms with van der Waals surface area (Å²) in [6, 6.07) is 0. The summed E-state index contributed by atoms with van der Waals surface area (Å²) in [5, 5.41) is 14.6. The average Bonchev–Trinajstić information content (AvgIpc) is 3.12. The molecule has 2 aromatic heterocycles. The second-order valence-electron chi connectivity index (χ2n) is 4.51. The van der Waals surface area contributed by atoms with Crippen molar-refractivity contribution in [3.8, 4) is 0 Å². The molecule has 20 heavy (non-hydrogen) atoms. The number of carbonyl (C=O) groups is 1. The van der Waals surface area contributed by atoms with Gasteiger partial charge < -0.3 is 5.32 Å². The van der Waals surface area contributed by atoms with Crippen LogP contribution in [0.25, 0.3) is 0 Å². The molecule has 0 bridgehead atoms. The van der Waals surface area contributed by atoms with Gasteiger partial charge in [-0.25, -0.2) is 4.98 Å². The molecule has 0 spiro atoms. The molecule has 0 fully saturated rings. The maximum Gasteiger partial charge on any atom is 0.280 e. The van der Waals surface area contributed by atoms with Crippen molar-refractivity contribution in [3.05, 3.63) is 21.8 Å². The maximum absolute atomic E-state index is 12.0. The van der Waals surface area contributed by atoms with Crippen molar-refractivity contribution in [2.75, 3.05) is 12.3 Å². The molecule has 0 radical (unpaired) electrons. The van der Waals surface area contributed by atoms with Crippen molar-refractivity contribution < 1.29 is 4.79 Å². The first kappa shape index (κ1) is 13.6. The molecule has 1 aliphatic rings. The Labute approximate surface area is 124 Å². The Morgan fingerprint density at radius 2 is 2.35 bits per heavy atom. The Bertz CT molecular complexity index is 557. The second-order valence-corrected chi connectivity index (χ2v) is 6.71. The van der Waals surface area contributed by atoms with Crippen LogP contribution in [0.4, 0.5) is 0 Å². The zero-order chi connectivity index (χ0) is 13.8. The highest BCUT2D eigenvalue weighted by molar-refractivity contribution is 7.99. The van der Waals surface area contributed by atoms with Gasteiger partial charge in [-0.3, -0.25) is 4.79 Å². The Hall–Kier alpha value is -1.41. The first-order chi connectivity index (χ1) is 9.83. The lowest BCUT2D eigenvalue weighted by atomic mass is 10.0. The van der Waals surface area contributed by atoms with Crippen LogP contribution in [0.15, 0.2) is 11.2 Å². The topological polar surface area (TPSA) is 83.6 Å². The van der Waals surface area contributed by atoms with Gasteiger partial charge in [0.1, 0.15) is 5.03 Å². The first-order valence-electron chi connectivity index (χ1n) is 6.58. The molecule has 2 N–H and O–H groups in total. The minimum absolute atomic E-state index is 0.0647. The van der Waals surface area contributed by atoms with E-state index in [-0.39, 0.29) is 5.91 Å². The van der Waals surface area contributed by atoms with E-state index in [0.29, 0.717) is 11.6 Å². The predicted octanol–water partition coefficient (Wildman–Crippen LogP) is 1.66. The van der Waals surface area contributed by atoms with Gasteiger partial charge in [0.05, 0.1) is 11.9 Å². The van der Waals surface area contributed by atoms with Crippen LogP contribution >= 0.6 is 23.1 Å². The van der Waals surface area contributed by atoms with Gasteiger partial charge in [-0.2, -0.15) is 10.3 Å². The van der Waals surface area contributed by atoms with Crippen LogP contribution in [-0.2, 0) is 12.8 Å². The summed E-state index contributed by atoms with van der Waals surface area (Å²) < 4.78 is 0. The third-order valence-corrected chi connectivity index (χ3v) is 5.13. The van der Waals surface area contributed by atoms with Crippen LogP contribution in [0.3, 0.4) is 0 Å². The van der Waals surface area contributed by atoms with Gasteiger partial charge in [-0.1, -0.05) is 0 Å². The summed E-state index contributed by atoms with van der Waals surface area (Å²) in [5.41, 5.74) is 1.13. The van der Waals surface area contributed by atoms with Gasteiger partial charge >= 0.3 is 0 Å². The lowest BCUT2D eigenvalue weighted by Gasteiger charge is -2.06. The van der Waals surface area contributed by atoms with E-state index in [1.807, 2.05) is 0 Å². The lowest BCUT2D eigenvalue weighted by Crippen LogP contribution is -2.25. The predicted molar refractivity (Wildman–Crippen MR) is 78.2 cm³/mol. The highest BCUT2D eigenvalue weighted by Gasteiger charge is 2.18. The number of nitrogens with zero attached hydrogens (tertiary/aromatic N) is 3. The van der Waals surface area contributed by atoms with Gasteiger partial charge in [0, 0.05) is 17.2 Å². The third kappa shape index (κ3) is 3.18. The van der Waals surface area contributed by atoms with Crippen LogP contribution in [0.2, 0.25) is 0 Å². The maximum atomic E-state index is 12.0. The number of hydrogen-bond donors (Lipinski definition) is 2. The molecule has 8 heteroatoms. The number of thiazole rings is 1. The van der Waals surface area contributed by atoms with E-state index < -0.39 is 0 Å². The van der Waals surface area contributed by atoms with Gasteiger partial charge in [0.2, 0.25) is 0 Å². The fourth-order valence-electron chi connectivity index (χ4n) is 2.11. The minimum atomic E-state index is -0.0647. The molecule has 0 aromatic carbocycles. The first-order valence-corrected chi connectivity index (χ1v) is 8.38. The normalized spacial score (nSPS) is 14.0. The molecule has 1 aliphatic carbocycles. The molecule has 2 heterocycles. The van der Waals surface area contributed by atoms with Gasteiger partial charge in [-0.05, 0) is 25.7 Å². The Morgan fingerprint density at radius 3 is 3.15 bits per heavy atom. The molecule has 106 valence electrons. The number of fused-ring (bicyclic) bond motifs is 1. The molecule has 0 saturated carbocycles. The highest BCUT2D eigenvalue weighted by Crippen LogP contribution is 2.26. The molecule has 0 atom stereocenters. The number of hydrogen-bond acceptors (Lipinski definition) is 6. The molecule has 0 aliphatic heterocycles. The smallest absolute Gasteiger partial charge is 0.280 e. The van der Waals surface area contributed by atoms with Crippen LogP contribution in [-0.4, -0.2) is 38.6 Å². The summed E-state index contributed by atoms with van der Waals surface area (Å²) in [5.74, 6) is 0.703. The van der Waals surface area contributed by atoms with E-state index in [4.69, 9.17) is 0 Å². The number of aromatic amines is 1. The molecule has 3 rings (SSSR count). The van der Waals surface area contributed by atoms with E-state index in [2.05, 4.69) is 25.7 Å². The molecule has 0 saturated heterocycles.